The van der Waals surface area contributed by atoms with Gasteiger partial charge in [-0.15, -0.1) is 11.3 Å². The Labute approximate surface area is 95.9 Å². The summed E-state index contributed by atoms with van der Waals surface area (Å²) in [6.07, 6.45) is 2.22. The minimum absolute atomic E-state index is 0.249. The Morgan fingerprint density at radius 1 is 1.60 bits per heavy atom. The van der Waals surface area contributed by atoms with E-state index in [0.717, 1.165) is 23.5 Å². The molecule has 0 amide bonds. The molecule has 1 aromatic heterocycles. The van der Waals surface area contributed by atoms with Gasteiger partial charge >= 0.3 is 0 Å². The number of rotatable bonds is 6. The average molecular weight is 228 g/mol. The van der Waals surface area contributed by atoms with E-state index >= 15 is 0 Å². The Morgan fingerprint density at radius 2 is 2.33 bits per heavy atom. The van der Waals surface area contributed by atoms with Crippen LogP contribution < -0.4 is 5.32 Å². The molecule has 0 aliphatic rings. The van der Waals surface area contributed by atoms with Crippen molar-refractivity contribution in [3.05, 3.63) is 16.1 Å². The molecule has 0 fully saturated rings. The molecular formula is C11H20N2OS. The van der Waals surface area contributed by atoms with Crippen molar-refractivity contribution in [2.75, 3.05) is 14.2 Å². The molecule has 2 unspecified atom stereocenters. The number of nitrogens with zero attached hydrogens (tertiary/aromatic N) is 1. The molecule has 0 saturated heterocycles. The second-order valence-electron chi connectivity index (χ2n) is 3.67. The Kier molecular flexibility index (Phi) is 5.22. The van der Waals surface area contributed by atoms with Crippen LogP contribution >= 0.6 is 11.3 Å². The van der Waals surface area contributed by atoms with Crippen molar-refractivity contribution in [2.24, 2.45) is 0 Å². The van der Waals surface area contributed by atoms with Crippen LogP contribution in [0.4, 0.5) is 0 Å². The molecule has 0 aromatic carbocycles. The molecule has 0 bridgehead atoms. The van der Waals surface area contributed by atoms with Crippen LogP contribution in [0.1, 0.15) is 37.0 Å². The zero-order chi connectivity index (χ0) is 11.3. The lowest BCUT2D eigenvalue weighted by Gasteiger charge is -2.10. The Morgan fingerprint density at radius 3 is 2.87 bits per heavy atom. The number of nitrogens with one attached hydrogen (secondary N) is 1. The van der Waals surface area contributed by atoms with Gasteiger partial charge in [0.2, 0.25) is 0 Å². The van der Waals surface area contributed by atoms with Crippen molar-refractivity contribution < 1.29 is 4.74 Å². The summed E-state index contributed by atoms with van der Waals surface area (Å²) in [5, 5.41) is 6.56. The first-order chi connectivity index (χ1) is 7.21. The van der Waals surface area contributed by atoms with E-state index in [1.54, 1.807) is 18.4 Å². The van der Waals surface area contributed by atoms with Crippen LogP contribution in [0.15, 0.2) is 5.38 Å². The van der Waals surface area contributed by atoms with Gasteiger partial charge in [0.15, 0.2) is 0 Å². The maximum atomic E-state index is 5.23. The summed E-state index contributed by atoms with van der Waals surface area (Å²) < 4.78 is 5.23. The Hall–Kier alpha value is -0.450. The van der Waals surface area contributed by atoms with Crippen molar-refractivity contribution in [1.82, 2.24) is 10.3 Å². The van der Waals surface area contributed by atoms with Crippen molar-refractivity contribution in [2.45, 2.75) is 38.8 Å². The first-order valence-electron chi connectivity index (χ1n) is 5.35. The van der Waals surface area contributed by atoms with Crippen molar-refractivity contribution in [1.29, 1.82) is 0 Å². The molecule has 0 spiro atoms. The van der Waals surface area contributed by atoms with Gasteiger partial charge in [-0.25, -0.2) is 4.98 Å². The predicted octanol–water partition coefficient (Wildman–Crippen LogP) is 2.39. The second kappa shape index (κ2) is 6.20. The standard InChI is InChI=1S/C11H20N2OS/c1-5-9(12-3)10-7-15-11(13-10)6-8(2)14-4/h7-9,12H,5-6H2,1-4H3. The summed E-state index contributed by atoms with van der Waals surface area (Å²) in [4.78, 5) is 4.62. The summed E-state index contributed by atoms with van der Waals surface area (Å²) in [6.45, 7) is 4.23. The second-order valence-corrected chi connectivity index (χ2v) is 4.61. The molecule has 2 atom stereocenters. The van der Waals surface area contributed by atoms with Crippen molar-refractivity contribution >= 4 is 11.3 Å². The number of methoxy groups -OCH3 is 1. The summed E-state index contributed by atoms with van der Waals surface area (Å²) in [5.74, 6) is 0. The van der Waals surface area contributed by atoms with Gasteiger partial charge in [0.05, 0.1) is 16.8 Å². The average Bonchev–Trinajstić information content (AvgIpc) is 2.68. The quantitative estimate of drug-likeness (QED) is 0.812. The monoisotopic (exact) mass is 228 g/mol. The summed E-state index contributed by atoms with van der Waals surface area (Å²) >= 11 is 1.72. The van der Waals surface area contributed by atoms with Crippen LogP contribution in [0.5, 0.6) is 0 Å². The van der Waals surface area contributed by atoms with Crippen LogP contribution in [0.2, 0.25) is 0 Å². The summed E-state index contributed by atoms with van der Waals surface area (Å²) in [7, 11) is 3.71. The maximum Gasteiger partial charge on any atom is 0.0954 e. The van der Waals surface area contributed by atoms with Gasteiger partial charge in [-0.1, -0.05) is 6.92 Å². The molecule has 4 heteroatoms. The third kappa shape index (κ3) is 3.55. The van der Waals surface area contributed by atoms with Crippen molar-refractivity contribution in [3.8, 4) is 0 Å². The van der Waals surface area contributed by atoms with E-state index in [9.17, 15) is 0 Å². The first kappa shape index (κ1) is 12.6. The zero-order valence-corrected chi connectivity index (χ0v) is 10.7. The SMILES string of the molecule is CCC(NC)c1csc(CC(C)OC)n1. The van der Waals surface area contributed by atoms with Gasteiger partial charge in [-0.05, 0) is 20.4 Å². The molecule has 86 valence electrons. The smallest absolute Gasteiger partial charge is 0.0954 e. The van der Waals surface area contributed by atoms with E-state index in [2.05, 4.69) is 29.5 Å². The lowest BCUT2D eigenvalue weighted by atomic mass is 10.2. The minimum Gasteiger partial charge on any atom is -0.381 e. The molecule has 1 N–H and O–H groups in total. The molecular weight excluding hydrogens is 208 g/mol. The van der Waals surface area contributed by atoms with Crippen LogP contribution in [0, 0.1) is 0 Å². The number of hydrogen-bond acceptors (Lipinski definition) is 4. The van der Waals surface area contributed by atoms with Crippen LogP contribution in [-0.2, 0) is 11.2 Å². The molecule has 1 aromatic rings. The van der Waals surface area contributed by atoms with Gasteiger partial charge < -0.3 is 10.1 Å². The lowest BCUT2D eigenvalue weighted by molar-refractivity contribution is 0.118. The molecule has 1 rings (SSSR count). The maximum absolute atomic E-state index is 5.23. The number of aromatic nitrogens is 1. The fourth-order valence-corrected chi connectivity index (χ4v) is 2.43. The van der Waals surface area contributed by atoms with E-state index in [1.165, 1.54) is 0 Å². The van der Waals surface area contributed by atoms with Crippen LogP contribution in [0.3, 0.4) is 0 Å². The van der Waals surface area contributed by atoms with Crippen LogP contribution in [0.25, 0.3) is 0 Å². The highest BCUT2D eigenvalue weighted by Gasteiger charge is 2.12. The Bertz CT molecular complexity index is 284. The largest absolute Gasteiger partial charge is 0.381 e. The summed E-state index contributed by atoms with van der Waals surface area (Å²) in [5.41, 5.74) is 1.16. The first-order valence-corrected chi connectivity index (χ1v) is 6.23. The molecule has 0 radical (unpaired) electrons. The third-order valence-corrected chi connectivity index (χ3v) is 3.44. The van der Waals surface area contributed by atoms with E-state index < -0.39 is 0 Å². The zero-order valence-electron chi connectivity index (χ0n) is 9.91. The van der Waals surface area contributed by atoms with Gasteiger partial charge in [-0.2, -0.15) is 0 Å². The Balaban J connectivity index is 2.63. The van der Waals surface area contributed by atoms with E-state index in [4.69, 9.17) is 4.74 Å². The van der Waals surface area contributed by atoms with Gasteiger partial charge in [-0.3, -0.25) is 0 Å². The van der Waals surface area contributed by atoms with Gasteiger partial charge in [0.1, 0.15) is 0 Å². The lowest BCUT2D eigenvalue weighted by Crippen LogP contribution is -2.16. The third-order valence-electron chi connectivity index (χ3n) is 2.55. The number of hydrogen-bond donors (Lipinski definition) is 1. The minimum atomic E-state index is 0.249. The van der Waals surface area contributed by atoms with Gasteiger partial charge in [0, 0.05) is 25.0 Å². The molecule has 1 heterocycles. The topological polar surface area (TPSA) is 34.1 Å². The number of thiazole rings is 1. The fourth-order valence-electron chi connectivity index (χ4n) is 1.47. The predicted molar refractivity (Wildman–Crippen MR) is 64.4 cm³/mol. The van der Waals surface area contributed by atoms with E-state index in [0.29, 0.717) is 6.04 Å². The highest BCUT2D eigenvalue weighted by molar-refractivity contribution is 7.09. The van der Waals surface area contributed by atoms with E-state index in [-0.39, 0.29) is 6.10 Å². The van der Waals surface area contributed by atoms with Gasteiger partial charge in [0.25, 0.3) is 0 Å². The highest BCUT2D eigenvalue weighted by Crippen LogP contribution is 2.20. The van der Waals surface area contributed by atoms with Crippen LogP contribution in [-0.4, -0.2) is 25.2 Å². The van der Waals surface area contributed by atoms with Crippen molar-refractivity contribution in [3.63, 3.8) is 0 Å². The highest BCUT2D eigenvalue weighted by atomic mass is 32.1. The number of ether oxygens (including phenoxy) is 1. The normalized spacial score (nSPS) is 15.2. The molecule has 3 nitrogen and oxygen atoms in total. The molecule has 0 aliphatic carbocycles. The molecule has 0 aliphatic heterocycles. The fraction of sp³-hybridized carbons (Fsp3) is 0.727. The molecule has 15 heavy (non-hydrogen) atoms. The van der Waals surface area contributed by atoms with E-state index in [1.807, 2.05) is 7.05 Å². The molecule has 0 saturated carbocycles. The summed E-state index contributed by atoms with van der Waals surface area (Å²) in [6, 6.07) is 0.382.